The average Bonchev–Trinajstić information content (AvgIpc) is 2.64. The van der Waals surface area contributed by atoms with Gasteiger partial charge in [-0.3, -0.25) is 0 Å². The third-order valence-electron chi connectivity index (χ3n) is 3.95. The fourth-order valence-corrected chi connectivity index (χ4v) is 3.31. The van der Waals surface area contributed by atoms with Crippen LogP contribution in [0.1, 0.15) is 60.1 Å². The van der Waals surface area contributed by atoms with Crippen molar-refractivity contribution in [3.05, 3.63) is 51.1 Å². The van der Waals surface area contributed by atoms with Gasteiger partial charge in [-0.05, 0) is 82.6 Å². The highest BCUT2D eigenvalue weighted by atomic mass is 79.9. The number of pyridine rings is 1. The van der Waals surface area contributed by atoms with Gasteiger partial charge >= 0.3 is 12.2 Å². The minimum Gasteiger partial charge on any atom is -0.482 e. The number of hydrogen-bond donors (Lipinski definition) is 0. The smallest absolute Gasteiger partial charge is 0.425 e. The van der Waals surface area contributed by atoms with Gasteiger partial charge in [0.25, 0.3) is 0 Å². The van der Waals surface area contributed by atoms with E-state index in [4.69, 9.17) is 25.8 Å². The standard InChI is InChI=1S/C23H26BrClF2N2O5/c1-12(17-14(26)8-9-15(27)18(17)25)32-16-10-13(24)11-28-19(16)29(20(30)33-22(2,3)4)21(31)34-23(5,6)7/h8-12H,1-7H3/t12-/m0/s1. The van der Waals surface area contributed by atoms with Gasteiger partial charge in [0.1, 0.15) is 28.9 Å². The van der Waals surface area contributed by atoms with Crippen LogP contribution in [-0.2, 0) is 9.47 Å². The Morgan fingerprint density at radius 2 is 1.53 bits per heavy atom. The molecule has 0 aliphatic rings. The van der Waals surface area contributed by atoms with E-state index in [0.717, 1.165) is 12.1 Å². The Labute approximate surface area is 210 Å². The Hall–Kier alpha value is -2.46. The molecule has 34 heavy (non-hydrogen) atoms. The average molecular weight is 564 g/mol. The van der Waals surface area contributed by atoms with E-state index in [1.165, 1.54) is 19.2 Å². The summed E-state index contributed by atoms with van der Waals surface area (Å²) in [6, 6.07) is 3.22. The number of rotatable bonds is 4. The monoisotopic (exact) mass is 562 g/mol. The Morgan fingerprint density at radius 3 is 2.03 bits per heavy atom. The molecule has 11 heteroatoms. The van der Waals surface area contributed by atoms with Crippen LogP contribution in [0.15, 0.2) is 28.9 Å². The van der Waals surface area contributed by atoms with Crippen LogP contribution in [0.4, 0.5) is 24.2 Å². The molecule has 2 rings (SSSR count). The minimum absolute atomic E-state index is 0.113. The highest BCUT2D eigenvalue weighted by molar-refractivity contribution is 9.10. The first-order valence-electron chi connectivity index (χ1n) is 10.2. The number of halogens is 4. The Kier molecular flexibility index (Phi) is 8.53. The number of hydrogen-bond acceptors (Lipinski definition) is 6. The van der Waals surface area contributed by atoms with E-state index in [1.807, 2.05) is 0 Å². The number of carbonyl (C=O) groups excluding carboxylic acids is 2. The highest BCUT2D eigenvalue weighted by Crippen LogP contribution is 2.37. The van der Waals surface area contributed by atoms with Crippen molar-refractivity contribution in [3.63, 3.8) is 0 Å². The van der Waals surface area contributed by atoms with E-state index in [9.17, 15) is 18.4 Å². The van der Waals surface area contributed by atoms with Gasteiger partial charge in [0.15, 0.2) is 11.6 Å². The predicted octanol–water partition coefficient (Wildman–Crippen LogP) is 7.59. The second-order valence-electron chi connectivity index (χ2n) is 9.29. The Morgan fingerprint density at radius 1 is 1.03 bits per heavy atom. The highest BCUT2D eigenvalue weighted by Gasteiger charge is 2.36. The Balaban J connectivity index is 2.58. The summed E-state index contributed by atoms with van der Waals surface area (Å²) in [5.41, 5.74) is -2.13. The molecule has 1 aromatic carbocycles. The fraction of sp³-hybridized carbons (Fsp3) is 0.435. The lowest BCUT2D eigenvalue weighted by atomic mass is 10.1. The van der Waals surface area contributed by atoms with Crippen molar-refractivity contribution in [2.45, 2.75) is 65.8 Å². The van der Waals surface area contributed by atoms with Gasteiger partial charge < -0.3 is 14.2 Å². The zero-order valence-corrected chi connectivity index (χ0v) is 22.2. The molecule has 2 amide bonds. The lowest BCUT2D eigenvalue weighted by molar-refractivity contribution is 0.0426. The zero-order chi connectivity index (χ0) is 26.0. The van der Waals surface area contributed by atoms with Crippen molar-refractivity contribution in [1.82, 2.24) is 4.98 Å². The van der Waals surface area contributed by atoms with E-state index < -0.39 is 46.1 Å². The summed E-state index contributed by atoms with van der Waals surface area (Å²) in [5, 5.41) is -0.451. The topological polar surface area (TPSA) is 78.0 Å². The van der Waals surface area contributed by atoms with Crippen molar-refractivity contribution in [2.24, 2.45) is 0 Å². The predicted molar refractivity (Wildman–Crippen MR) is 127 cm³/mol. The van der Waals surface area contributed by atoms with Gasteiger partial charge in [-0.1, -0.05) is 11.6 Å². The quantitative estimate of drug-likeness (QED) is 0.357. The maximum atomic E-state index is 14.4. The van der Waals surface area contributed by atoms with Crippen LogP contribution < -0.4 is 9.64 Å². The molecule has 0 saturated carbocycles. The molecule has 186 valence electrons. The van der Waals surface area contributed by atoms with Crippen LogP contribution in [0, 0.1) is 11.6 Å². The summed E-state index contributed by atoms with van der Waals surface area (Å²) in [6.45, 7) is 11.2. The number of aromatic nitrogens is 1. The summed E-state index contributed by atoms with van der Waals surface area (Å²) in [4.78, 5) is 30.7. The van der Waals surface area contributed by atoms with Gasteiger partial charge in [0.05, 0.1) is 5.02 Å². The molecule has 2 aromatic rings. The van der Waals surface area contributed by atoms with Gasteiger partial charge in [0.2, 0.25) is 0 Å². The van der Waals surface area contributed by atoms with Crippen LogP contribution in [0.5, 0.6) is 5.75 Å². The largest absolute Gasteiger partial charge is 0.482 e. The van der Waals surface area contributed by atoms with Crippen LogP contribution in [0.3, 0.4) is 0 Å². The lowest BCUT2D eigenvalue weighted by Gasteiger charge is -2.29. The molecule has 0 N–H and O–H groups in total. The van der Waals surface area contributed by atoms with Crippen molar-refractivity contribution >= 4 is 45.5 Å². The molecule has 0 aliphatic carbocycles. The van der Waals surface area contributed by atoms with Gasteiger partial charge in [-0.2, -0.15) is 4.90 Å². The normalized spacial score (nSPS) is 12.7. The summed E-state index contributed by atoms with van der Waals surface area (Å²) in [6.07, 6.45) is -1.94. The number of nitrogens with zero attached hydrogens (tertiary/aromatic N) is 2. The van der Waals surface area contributed by atoms with Gasteiger partial charge in [-0.15, -0.1) is 0 Å². The molecular formula is C23H26BrClF2N2O5. The molecule has 0 spiro atoms. The first-order valence-corrected chi connectivity index (χ1v) is 11.4. The van der Waals surface area contributed by atoms with Gasteiger partial charge in [0, 0.05) is 16.2 Å². The number of ether oxygens (including phenoxy) is 3. The molecule has 0 unspecified atom stereocenters. The third kappa shape index (κ3) is 7.27. The number of benzene rings is 1. The van der Waals surface area contributed by atoms with E-state index >= 15 is 0 Å². The first kappa shape index (κ1) is 27.8. The third-order valence-corrected chi connectivity index (χ3v) is 4.77. The number of amides is 2. The van der Waals surface area contributed by atoms with Crippen molar-refractivity contribution in [2.75, 3.05) is 4.90 Å². The second kappa shape index (κ2) is 10.4. The second-order valence-corrected chi connectivity index (χ2v) is 10.6. The zero-order valence-electron chi connectivity index (χ0n) is 19.8. The molecule has 0 bridgehead atoms. The lowest BCUT2D eigenvalue weighted by Crippen LogP contribution is -2.44. The molecule has 1 atom stereocenters. The van der Waals surface area contributed by atoms with Gasteiger partial charge in [-0.25, -0.2) is 23.4 Å². The maximum Gasteiger partial charge on any atom is 0.425 e. The van der Waals surface area contributed by atoms with Crippen LogP contribution in [0.25, 0.3) is 0 Å². The van der Waals surface area contributed by atoms with E-state index in [0.29, 0.717) is 9.37 Å². The molecule has 0 radical (unpaired) electrons. The van der Waals surface area contributed by atoms with Crippen LogP contribution >= 0.6 is 27.5 Å². The van der Waals surface area contributed by atoms with E-state index in [2.05, 4.69) is 20.9 Å². The van der Waals surface area contributed by atoms with Crippen molar-refractivity contribution in [3.8, 4) is 5.75 Å². The van der Waals surface area contributed by atoms with Crippen molar-refractivity contribution < 1.29 is 32.6 Å². The SMILES string of the molecule is C[C@H](Oc1cc(Br)cnc1N(C(=O)OC(C)(C)C)C(=O)OC(C)(C)C)c1c(F)ccc(F)c1Cl. The molecule has 7 nitrogen and oxygen atoms in total. The molecule has 0 fully saturated rings. The summed E-state index contributed by atoms with van der Waals surface area (Å²) < 4.78 is 45.4. The van der Waals surface area contributed by atoms with E-state index in [-0.39, 0.29) is 17.1 Å². The molecular weight excluding hydrogens is 538 g/mol. The molecule has 1 aromatic heterocycles. The number of imide groups is 1. The minimum atomic E-state index is -1.13. The summed E-state index contributed by atoms with van der Waals surface area (Å²) in [7, 11) is 0. The fourth-order valence-electron chi connectivity index (χ4n) is 2.70. The van der Waals surface area contributed by atoms with Crippen LogP contribution in [0.2, 0.25) is 5.02 Å². The summed E-state index contributed by atoms with van der Waals surface area (Å²) in [5.74, 6) is -2.01. The van der Waals surface area contributed by atoms with E-state index in [1.54, 1.807) is 41.5 Å². The Bertz CT molecular complexity index is 1060. The summed E-state index contributed by atoms with van der Waals surface area (Å²) >= 11 is 9.21. The first-order chi connectivity index (χ1) is 15.5. The molecule has 0 saturated heterocycles. The molecule has 0 aliphatic heterocycles. The van der Waals surface area contributed by atoms with Crippen LogP contribution in [-0.4, -0.2) is 28.4 Å². The number of anilines is 1. The van der Waals surface area contributed by atoms with Crippen molar-refractivity contribution in [1.29, 1.82) is 0 Å². The molecule has 1 heterocycles. The maximum absolute atomic E-state index is 14.4. The number of carbonyl (C=O) groups is 2.